The number of carbonyl (C=O) groups is 2. The minimum atomic E-state index is -0.365. The van der Waals surface area contributed by atoms with Crippen LogP contribution in [-0.2, 0) is 11.3 Å². The third-order valence-electron chi connectivity index (χ3n) is 4.68. The Morgan fingerprint density at radius 1 is 1.12 bits per heavy atom. The lowest BCUT2D eigenvalue weighted by atomic mass is 10.1. The van der Waals surface area contributed by atoms with Gasteiger partial charge in [0.1, 0.15) is 0 Å². The summed E-state index contributed by atoms with van der Waals surface area (Å²) in [5.41, 5.74) is 1.13. The molecule has 0 aliphatic heterocycles. The van der Waals surface area contributed by atoms with Crippen molar-refractivity contribution in [1.82, 2.24) is 14.8 Å². The molecule has 3 rings (SSSR count). The maximum absolute atomic E-state index is 12.4. The largest absolute Gasteiger partial charge is 0.493 e. The number of carbonyl (C=O) groups excluding carboxylic acids is 2. The van der Waals surface area contributed by atoms with E-state index in [-0.39, 0.29) is 23.5 Å². The molecule has 0 saturated heterocycles. The number of para-hydroxylation sites is 2. The number of nitrogens with zero attached hydrogens (tertiary/aromatic N) is 3. The van der Waals surface area contributed by atoms with Crippen molar-refractivity contribution in [3.05, 3.63) is 59.9 Å². The summed E-state index contributed by atoms with van der Waals surface area (Å²) in [6, 6.07) is 14.3. The first-order chi connectivity index (χ1) is 15.4. The molecular weight excluding hydrogens is 428 g/mol. The number of amides is 1. The second-order valence-corrected chi connectivity index (χ2v) is 7.91. The number of benzene rings is 2. The molecule has 32 heavy (non-hydrogen) atoms. The first-order valence-electron chi connectivity index (χ1n) is 10.2. The standard InChI is InChI=1S/C23H26N4O4S/c1-5-27-22(16(3)31-20-12-7-6-11-19(20)30-4)25-26-23(27)32-14-21(29)24-18-10-8-9-17(13-18)15(2)28/h6-13,16H,5,14H2,1-4H3,(H,24,29). The van der Waals surface area contributed by atoms with Crippen LogP contribution in [0.1, 0.15) is 43.1 Å². The Morgan fingerprint density at radius 2 is 1.88 bits per heavy atom. The zero-order chi connectivity index (χ0) is 23.1. The quantitative estimate of drug-likeness (QED) is 0.359. The van der Waals surface area contributed by atoms with Gasteiger partial charge in [-0.1, -0.05) is 36.0 Å². The Morgan fingerprint density at radius 3 is 2.56 bits per heavy atom. The molecular formula is C23H26N4O4S. The fourth-order valence-corrected chi connectivity index (χ4v) is 3.92. The summed E-state index contributed by atoms with van der Waals surface area (Å²) in [6.07, 6.45) is -0.365. The van der Waals surface area contributed by atoms with Gasteiger partial charge in [0.25, 0.3) is 0 Å². The summed E-state index contributed by atoms with van der Waals surface area (Å²) < 4.78 is 13.3. The second-order valence-electron chi connectivity index (χ2n) is 6.97. The second kappa shape index (κ2) is 10.8. The number of hydrogen-bond acceptors (Lipinski definition) is 7. The molecule has 1 amide bonds. The summed E-state index contributed by atoms with van der Waals surface area (Å²) in [7, 11) is 1.59. The Kier molecular flexibility index (Phi) is 7.88. The third kappa shape index (κ3) is 5.67. The maximum atomic E-state index is 12.4. The molecule has 1 heterocycles. The fraction of sp³-hybridized carbons (Fsp3) is 0.304. The number of rotatable bonds is 10. The highest BCUT2D eigenvalue weighted by Gasteiger charge is 2.20. The van der Waals surface area contributed by atoms with E-state index in [1.54, 1.807) is 31.4 Å². The average Bonchev–Trinajstić information content (AvgIpc) is 3.21. The number of ketones is 1. The van der Waals surface area contributed by atoms with Crippen LogP contribution in [0.2, 0.25) is 0 Å². The van der Waals surface area contributed by atoms with Crippen LogP contribution in [0.5, 0.6) is 11.5 Å². The van der Waals surface area contributed by atoms with Gasteiger partial charge in [-0.3, -0.25) is 9.59 Å². The summed E-state index contributed by atoms with van der Waals surface area (Å²) in [5.74, 6) is 1.83. The number of methoxy groups -OCH3 is 1. The van der Waals surface area contributed by atoms with Crippen LogP contribution < -0.4 is 14.8 Å². The van der Waals surface area contributed by atoms with Gasteiger partial charge < -0.3 is 19.4 Å². The number of aromatic nitrogens is 3. The Hall–Kier alpha value is -3.33. The molecule has 168 valence electrons. The van der Waals surface area contributed by atoms with E-state index in [0.717, 1.165) is 0 Å². The van der Waals surface area contributed by atoms with E-state index in [2.05, 4.69) is 15.5 Å². The zero-order valence-corrected chi connectivity index (χ0v) is 19.3. The number of Topliss-reactive ketones (excluding diaryl/α,β-unsaturated/α-hetero) is 1. The van der Waals surface area contributed by atoms with Gasteiger partial charge in [-0.25, -0.2) is 0 Å². The molecule has 0 aliphatic rings. The lowest BCUT2D eigenvalue weighted by Gasteiger charge is -2.17. The van der Waals surface area contributed by atoms with Crippen LogP contribution >= 0.6 is 11.8 Å². The first kappa shape index (κ1) is 23.3. The molecule has 1 N–H and O–H groups in total. The van der Waals surface area contributed by atoms with Crippen LogP contribution in [0.3, 0.4) is 0 Å². The van der Waals surface area contributed by atoms with Gasteiger partial charge in [-0.15, -0.1) is 10.2 Å². The SMILES string of the molecule is CCn1c(SCC(=O)Nc2cccc(C(C)=O)c2)nnc1C(C)Oc1ccccc1OC. The van der Waals surface area contributed by atoms with Gasteiger partial charge in [0.15, 0.2) is 34.4 Å². The van der Waals surface area contributed by atoms with Crippen molar-refractivity contribution in [2.75, 3.05) is 18.2 Å². The van der Waals surface area contributed by atoms with Crippen molar-refractivity contribution in [3.8, 4) is 11.5 Å². The number of anilines is 1. The summed E-state index contributed by atoms with van der Waals surface area (Å²) >= 11 is 1.29. The number of ether oxygens (including phenoxy) is 2. The van der Waals surface area contributed by atoms with Crippen LogP contribution in [-0.4, -0.2) is 39.3 Å². The van der Waals surface area contributed by atoms with Crippen molar-refractivity contribution in [2.24, 2.45) is 0 Å². The van der Waals surface area contributed by atoms with E-state index in [0.29, 0.717) is 40.3 Å². The molecule has 0 aliphatic carbocycles. The molecule has 8 nitrogen and oxygen atoms in total. The molecule has 9 heteroatoms. The van der Waals surface area contributed by atoms with Gasteiger partial charge >= 0.3 is 0 Å². The highest BCUT2D eigenvalue weighted by atomic mass is 32.2. The van der Waals surface area contributed by atoms with E-state index in [1.807, 2.05) is 42.7 Å². The van der Waals surface area contributed by atoms with E-state index in [1.165, 1.54) is 18.7 Å². The summed E-state index contributed by atoms with van der Waals surface area (Å²) in [5, 5.41) is 12.0. The molecule has 2 aromatic carbocycles. The molecule has 1 aromatic heterocycles. The molecule has 1 unspecified atom stereocenters. The molecule has 0 fully saturated rings. The summed E-state index contributed by atoms with van der Waals surface area (Å²) in [4.78, 5) is 23.9. The topological polar surface area (TPSA) is 95.3 Å². The molecule has 3 aromatic rings. The zero-order valence-electron chi connectivity index (χ0n) is 18.5. The maximum Gasteiger partial charge on any atom is 0.234 e. The van der Waals surface area contributed by atoms with E-state index in [4.69, 9.17) is 9.47 Å². The van der Waals surface area contributed by atoms with Crippen LogP contribution in [0.25, 0.3) is 0 Å². The van der Waals surface area contributed by atoms with Gasteiger partial charge in [-0.05, 0) is 45.0 Å². The first-order valence-corrected chi connectivity index (χ1v) is 11.2. The fourth-order valence-electron chi connectivity index (χ4n) is 3.11. The van der Waals surface area contributed by atoms with Gasteiger partial charge in [0, 0.05) is 17.8 Å². The van der Waals surface area contributed by atoms with Crippen molar-refractivity contribution in [2.45, 2.75) is 38.6 Å². The van der Waals surface area contributed by atoms with Gasteiger partial charge in [0.05, 0.1) is 12.9 Å². The number of thioether (sulfide) groups is 1. The van der Waals surface area contributed by atoms with Crippen molar-refractivity contribution >= 4 is 29.1 Å². The monoisotopic (exact) mass is 454 g/mol. The Balaban J connectivity index is 1.65. The molecule has 0 radical (unpaired) electrons. The average molecular weight is 455 g/mol. The molecule has 1 atom stereocenters. The minimum absolute atomic E-state index is 0.0523. The van der Waals surface area contributed by atoms with E-state index < -0.39 is 0 Å². The van der Waals surface area contributed by atoms with E-state index in [9.17, 15) is 9.59 Å². The normalized spacial score (nSPS) is 11.6. The smallest absolute Gasteiger partial charge is 0.234 e. The Bertz CT molecular complexity index is 1100. The lowest BCUT2D eigenvalue weighted by Crippen LogP contribution is -2.15. The van der Waals surface area contributed by atoms with Crippen LogP contribution in [0.15, 0.2) is 53.7 Å². The molecule has 0 bridgehead atoms. The predicted molar refractivity (Wildman–Crippen MR) is 124 cm³/mol. The van der Waals surface area contributed by atoms with Gasteiger partial charge in [0.2, 0.25) is 5.91 Å². The van der Waals surface area contributed by atoms with Crippen molar-refractivity contribution < 1.29 is 19.1 Å². The molecule has 0 spiro atoms. The summed E-state index contributed by atoms with van der Waals surface area (Å²) in [6.45, 7) is 6.00. The predicted octanol–water partition coefficient (Wildman–Crippen LogP) is 4.38. The van der Waals surface area contributed by atoms with E-state index >= 15 is 0 Å². The van der Waals surface area contributed by atoms with Gasteiger partial charge in [-0.2, -0.15) is 0 Å². The third-order valence-corrected chi connectivity index (χ3v) is 5.65. The number of nitrogens with one attached hydrogen (secondary N) is 1. The van der Waals surface area contributed by atoms with Crippen molar-refractivity contribution in [3.63, 3.8) is 0 Å². The lowest BCUT2D eigenvalue weighted by molar-refractivity contribution is -0.113. The number of hydrogen-bond donors (Lipinski definition) is 1. The highest BCUT2D eigenvalue weighted by molar-refractivity contribution is 7.99. The Labute approximate surface area is 191 Å². The van der Waals surface area contributed by atoms with Crippen LogP contribution in [0, 0.1) is 0 Å². The van der Waals surface area contributed by atoms with Crippen molar-refractivity contribution in [1.29, 1.82) is 0 Å². The molecule has 0 saturated carbocycles. The highest BCUT2D eigenvalue weighted by Crippen LogP contribution is 2.31. The van der Waals surface area contributed by atoms with Crippen LogP contribution in [0.4, 0.5) is 5.69 Å². The minimum Gasteiger partial charge on any atom is -0.493 e.